The predicted octanol–water partition coefficient (Wildman–Crippen LogP) is 3.88. The Morgan fingerprint density at radius 2 is 1.57 bits per heavy atom. The van der Waals surface area contributed by atoms with E-state index >= 15 is 0 Å². The maximum Gasteiger partial charge on any atom is 0.460 e. The second-order valence-corrected chi connectivity index (χ2v) is 7.90. The smallest absolute Gasteiger partial charge is 0.378 e. The van der Waals surface area contributed by atoms with Gasteiger partial charge in [0.25, 0.3) is 5.91 Å². The van der Waals surface area contributed by atoms with E-state index < -0.39 is 58.3 Å². The summed E-state index contributed by atoms with van der Waals surface area (Å²) in [6.45, 7) is 4.11. The van der Waals surface area contributed by atoms with Gasteiger partial charge in [0.05, 0.1) is 0 Å². The first-order valence-corrected chi connectivity index (χ1v) is 8.57. The number of halogens is 7. The van der Waals surface area contributed by atoms with E-state index in [-0.39, 0.29) is 5.56 Å². The molecule has 0 aromatic heterocycles. The van der Waals surface area contributed by atoms with Gasteiger partial charge in [0.2, 0.25) is 5.72 Å². The molecule has 0 saturated heterocycles. The molecule has 0 spiro atoms. The number of alkyl halides is 7. The van der Waals surface area contributed by atoms with Gasteiger partial charge in [0.15, 0.2) is 6.10 Å². The average Bonchev–Trinajstić information content (AvgIpc) is 3.00. The molecule has 5 nitrogen and oxygen atoms in total. The van der Waals surface area contributed by atoms with Gasteiger partial charge < -0.3 is 10.2 Å². The lowest BCUT2D eigenvalue weighted by atomic mass is 9.83. The highest BCUT2D eigenvalue weighted by molar-refractivity contribution is 5.95. The number of hydrazone groups is 1. The minimum absolute atomic E-state index is 0.171. The van der Waals surface area contributed by atoms with Crippen LogP contribution in [0.2, 0.25) is 0 Å². The number of benzene rings is 1. The Bertz CT molecular complexity index is 834. The third-order valence-corrected chi connectivity index (χ3v) is 4.66. The fourth-order valence-corrected chi connectivity index (χ4v) is 2.76. The fourth-order valence-electron chi connectivity index (χ4n) is 2.76. The Kier molecular flexibility index (Phi) is 5.77. The monoisotopic (exact) mass is 444 g/mol. The highest BCUT2D eigenvalue weighted by atomic mass is 19.4. The molecule has 0 radical (unpaired) electrons. The van der Waals surface area contributed by atoms with Gasteiger partial charge in [0.1, 0.15) is 0 Å². The quantitative estimate of drug-likeness (QED) is 0.693. The van der Waals surface area contributed by atoms with E-state index in [0.717, 1.165) is 0 Å². The molecule has 0 fully saturated rings. The first-order valence-electron chi connectivity index (χ1n) is 8.57. The molecule has 2 atom stereocenters. The van der Waals surface area contributed by atoms with Crippen LogP contribution in [0.4, 0.5) is 30.7 Å². The SMILES string of the molecule is CC(C)(C)C1=NN(C(=O)[C@@H](O)c2ccccc2)[C@@](O)(C(F)(F)C(F)(F)C(F)(F)F)C1. The molecule has 2 rings (SSSR count). The van der Waals surface area contributed by atoms with Gasteiger partial charge in [-0.3, -0.25) is 4.79 Å². The first kappa shape index (κ1) is 24.1. The van der Waals surface area contributed by atoms with Crippen molar-refractivity contribution in [2.45, 2.75) is 57.0 Å². The highest BCUT2D eigenvalue weighted by Gasteiger charge is 2.82. The van der Waals surface area contributed by atoms with Crippen molar-refractivity contribution in [3.05, 3.63) is 35.9 Å². The third kappa shape index (κ3) is 3.66. The molecule has 12 heteroatoms. The lowest BCUT2D eigenvalue weighted by molar-refractivity contribution is -0.401. The van der Waals surface area contributed by atoms with Crippen LogP contribution in [0.5, 0.6) is 0 Å². The van der Waals surface area contributed by atoms with E-state index in [1.807, 2.05) is 0 Å². The molecule has 1 aromatic carbocycles. The summed E-state index contributed by atoms with van der Waals surface area (Å²) in [5, 5.41) is 23.5. The van der Waals surface area contributed by atoms with E-state index in [9.17, 15) is 45.7 Å². The van der Waals surface area contributed by atoms with Crippen molar-refractivity contribution >= 4 is 11.6 Å². The van der Waals surface area contributed by atoms with Gasteiger partial charge in [-0.15, -0.1) is 0 Å². The molecule has 1 aliphatic heterocycles. The van der Waals surface area contributed by atoms with Crippen LogP contribution in [0.1, 0.15) is 38.9 Å². The van der Waals surface area contributed by atoms with Crippen molar-refractivity contribution in [3.8, 4) is 0 Å². The lowest BCUT2D eigenvalue weighted by Crippen LogP contribution is -2.69. The third-order valence-electron chi connectivity index (χ3n) is 4.66. The number of amides is 1. The molecule has 30 heavy (non-hydrogen) atoms. The van der Waals surface area contributed by atoms with Crippen LogP contribution in [0, 0.1) is 5.41 Å². The standard InChI is InChI=1S/C18H19F7N2O3/c1-14(2,3)11-9-15(30,16(19,20)17(21,22)18(23,24)25)27(26-11)13(29)12(28)10-7-5-4-6-8-10/h4-8,12,28,30H,9H2,1-3H3/t12-,15-/m0/s1. The summed E-state index contributed by atoms with van der Waals surface area (Å²) in [6.07, 6.45) is -10.5. The summed E-state index contributed by atoms with van der Waals surface area (Å²) in [5.74, 6) is -14.7. The Morgan fingerprint density at radius 3 is 2.00 bits per heavy atom. The zero-order valence-corrected chi connectivity index (χ0v) is 16.0. The number of carbonyl (C=O) groups is 1. The molecule has 0 bridgehead atoms. The van der Waals surface area contributed by atoms with Gasteiger partial charge in [-0.05, 0) is 5.56 Å². The molecule has 1 amide bonds. The van der Waals surface area contributed by atoms with Crippen LogP contribution in [0.25, 0.3) is 0 Å². The number of aliphatic hydroxyl groups excluding tert-OH is 1. The summed E-state index contributed by atoms with van der Waals surface area (Å²) in [6, 6.07) is 6.58. The molecule has 0 saturated carbocycles. The Morgan fingerprint density at radius 1 is 1.07 bits per heavy atom. The number of hydrogen-bond donors (Lipinski definition) is 2. The largest absolute Gasteiger partial charge is 0.460 e. The second kappa shape index (κ2) is 7.19. The molecule has 0 unspecified atom stereocenters. The van der Waals surface area contributed by atoms with Crippen molar-refractivity contribution in [1.82, 2.24) is 5.01 Å². The van der Waals surface area contributed by atoms with E-state index in [4.69, 9.17) is 0 Å². The molecule has 1 aliphatic rings. The van der Waals surface area contributed by atoms with Crippen LogP contribution in [-0.2, 0) is 4.79 Å². The molecule has 168 valence electrons. The molecular weight excluding hydrogens is 425 g/mol. The minimum Gasteiger partial charge on any atom is -0.378 e. The van der Waals surface area contributed by atoms with Crippen LogP contribution >= 0.6 is 0 Å². The minimum atomic E-state index is -6.73. The van der Waals surface area contributed by atoms with Gasteiger partial charge in [-0.2, -0.15) is 40.8 Å². The molecule has 0 aliphatic carbocycles. The zero-order chi connectivity index (χ0) is 23.3. The predicted molar refractivity (Wildman–Crippen MR) is 90.7 cm³/mol. The summed E-state index contributed by atoms with van der Waals surface area (Å²) >= 11 is 0. The van der Waals surface area contributed by atoms with Crippen LogP contribution < -0.4 is 0 Å². The highest BCUT2D eigenvalue weighted by Crippen LogP contribution is 2.55. The molecule has 1 aromatic rings. The number of aliphatic hydroxyl groups is 2. The first-order chi connectivity index (χ1) is 13.4. The Labute approximate surface area is 166 Å². The van der Waals surface area contributed by atoms with Crippen molar-refractivity contribution in [3.63, 3.8) is 0 Å². The fraction of sp³-hybridized carbons (Fsp3) is 0.556. The number of carbonyl (C=O) groups excluding carboxylic acids is 1. The second-order valence-electron chi connectivity index (χ2n) is 7.90. The maximum atomic E-state index is 14.6. The van der Waals surface area contributed by atoms with Crippen molar-refractivity contribution in [2.75, 3.05) is 0 Å². The average molecular weight is 444 g/mol. The maximum absolute atomic E-state index is 14.6. The topological polar surface area (TPSA) is 73.1 Å². The van der Waals surface area contributed by atoms with Crippen molar-refractivity contribution < 1.29 is 45.7 Å². The summed E-state index contributed by atoms with van der Waals surface area (Å²) in [7, 11) is 0. The van der Waals surface area contributed by atoms with E-state index in [0.29, 0.717) is 0 Å². The Hall–Kier alpha value is -2.21. The molecule has 1 heterocycles. The van der Waals surface area contributed by atoms with Crippen LogP contribution in [0.15, 0.2) is 35.4 Å². The van der Waals surface area contributed by atoms with Gasteiger partial charge >= 0.3 is 18.0 Å². The summed E-state index contributed by atoms with van der Waals surface area (Å²) < 4.78 is 94.6. The van der Waals surface area contributed by atoms with Gasteiger partial charge in [0, 0.05) is 17.5 Å². The number of rotatable bonds is 4. The van der Waals surface area contributed by atoms with Crippen LogP contribution in [0.3, 0.4) is 0 Å². The normalized spacial score (nSPS) is 22.1. The van der Waals surface area contributed by atoms with Gasteiger partial charge in [-0.25, -0.2) is 0 Å². The van der Waals surface area contributed by atoms with E-state index in [1.54, 1.807) is 0 Å². The van der Waals surface area contributed by atoms with Crippen molar-refractivity contribution in [2.24, 2.45) is 10.5 Å². The number of nitrogens with zero attached hydrogens (tertiary/aromatic N) is 2. The number of hydrogen-bond acceptors (Lipinski definition) is 4. The van der Waals surface area contributed by atoms with Gasteiger partial charge in [-0.1, -0.05) is 51.1 Å². The van der Waals surface area contributed by atoms with Crippen molar-refractivity contribution in [1.29, 1.82) is 0 Å². The van der Waals surface area contributed by atoms with Crippen LogP contribution in [-0.4, -0.2) is 50.6 Å². The Balaban J connectivity index is 2.61. The zero-order valence-electron chi connectivity index (χ0n) is 16.0. The lowest BCUT2D eigenvalue weighted by Gasteiger charge is -2.41. The molecule has 2 N–H and O–H groups in total. The van der Waals surface area contributed by atoms with E-state index in [2.05, 4.69) is 5.10 Å². The summed E-state index contributed by atoms with van der Waals surface area (Å²) in [5.41, 5.74) is -6.15. The summed E-state index contributed by atoms with van der Waals surface area (Å²) in [4.78, 5) is 12.6. The molecular formula is C18H19F7N2O3. The van der Waals surface area contributed by atoms with E-state index in [1.165, 1.54) is 51.1 Å².